The van der Waals surface area contributed by atoms with Crippen LogP contribution in [0, 0.1) is 0 Å². The zero-order chi connectivity index (χ0) is 13.8. The standard InChI is InChI=1S/C14H17NO4/c1-9(8-11-4-3-7-18-11)15-10(2)12-5-6-13(19-12)14(16)17/h3-7,9-10,15H,8H2,1-2H3,(H,16,17). The molecule has 19 heavy (non-hydrogen) atoms. The van der Waals surface area contributed by atoms with E-state index in [1.807, 2.05) is 26.0 Å². The topological polar surface area (TPSA) is 75.6 Å². The second-order valence-electron chi connectivity index (χ2n) is 4.58. The van der Waals surface area contributed by atoms with E-state index in [1.165, 1.54) is 6.07 Å². The molecule has 2 rings (SSSR count). The molecule has 2 heterocycles. The van der Waals surface area contributed by atoms with E-state index in [1.54, 1.807) is 12.3 Å². The van der Waals surface area contributed by atoms with Crippen LogP contribution in [0.15, 0.2) is 39.4 Å². The number of hydrogen-bond acceptors (Lipinski definition) is 4. The molecule has 0 aromatic carbocycles. The first-order chi connectivity index (χ1) is 9.06. The summed E-state index contributed by atoms with van der Waals surface area (Å²) in [5.74, 6) is 0.436. The van der Waals surface area contributed by atoms with Crippen molar-refractivity contribution < 1.29 is 18.7 Å². The maximum Gasteiger partial charge on any atom is 0.371 e. The first-order valence-electron chi connectivity index (χ1n) is 6.17. The second kappa shape index (κ2) is 5.75. The summed E-state index contributed by atoms with van der Waals surface area (Å²) in [7, 11) is 0. The number of carboxylic acids is 1. The number of carbonyl (C=O) groups is 1. The third kappa shape index (κ3) is 3.48. The van der Waals surface area contributed by atoms with Gasteiger partial charge < -0.3 is 19.3 Å². The molecule has 0 aliphatic heterocycles. The van der Waals surface area contributed by atoms with Gasteiger partial charge in [0.1, 0.15) is 11.5 Å². The summed E-state index contributed by atoms with van der Waals surface area (Å²) in [6.07, 6.45) is 2.42. The van der Waals surface area contributed by atoms with Crippen LogP contribution in [0.25, 0.3) is 0 Å². The Hall–Kier alpha value is -2.01. The van der Waals surface area contributed by atoms with Crippen molar-refractivity contribution in [1.29, 1.82) is 0 Å². The van der Waals surface area contributed by atoms with Crippen molar-refractivity contribution in [2.45, 2.75) is 32.4 Å². The van der Waals surface area contributed by atoms with Crippen LogP contribution < -0.4 is 5.32 Å². The molecule has 5 heteroatoms. The molecule has 102 valence electrons. The molecule has 0 saturated carbocycles. The molecule has 2 atom stereocenters. The Morgan fingerprint density at radius 1 is 1.37 bits per heavy atom. The zero-order valence-corrected chi connectivity index (χ0v) is 10.9. The largest absolute Gasteiger partial charge is 0.475 e. The van der Waals surface area contributed by atoms with Gasteiger partial charge in [0, 0.05) is 12.5 Å². The van der Waals surface area contributed by atoms with Gasteiger partial charge in [0.2, 0.25) is 5.76 Å². The average molecular weight is 263 g/mol. The van der Waals surface area contributed by atoms with Gasteiger partial charge in [-0.3, -0.25) is 0 Å². The molecule has 0 bridgehead atoms. The van der Waals surface area contributed by atoms with Gasteiger partial charge in [0.25, 0.3) is 0 Å². The molecule has 5 nitrogen and oxygen atoms in total. The zero-order valence-electron chi connectivity index (χ0n) is 10.9. The Balaban J connectivity index is 1.92. The molecule has 0 fully saturated rings. The van der Waals surface area contributed by atoms with Crippen molar-refractivity contribution >= 4 is 5.97 Å². The minimum atomic E-state index is -1.05. The van der Waals surface area contributed by atoms with Gasteiger partial charge in [0.15, 0.2) is 0 Å². The predicted molar refractivity (Wildman–Crippen MR) is 69.1 cm³/mol. The van der Waals surface area contributed by atoms with E-state index in [9.17, 15) is 4.79 Å². The lowest BCUT2D eigenvalue weighted by Crippen LogP contribution is -2.30. The van der Waals surface area contributed by atoms with Gasteiger partial charge in [-0.25, -0.2) is 4.79 Å². The van der Waals surface area contributed by atoms with E-state index in [0.717, 1.165) is 12.2 Å². The van der Waals surface area contributed by atoms with Crippen LogP contribution in [0.2, 0.25) is 0 Å². The van der Waals surface area contributed by atoms with Crippen molar-refractivity contribution in [1.82, 2.24) is 5.32 Å². The van der Waals surface area contributed by atoms with Gasteiger partial charge in [-0.15, -0.1) is 0 Å². The van der Waals surface area contributed by atoms with Crippen molar-refractivity contribution in [2.24, 2.45) is 0 Å². The van der Waals surface area contributed by atoms with Crippen molar-refractivity contribution in [2.75, 3.05) is 0 Å². The van der Waals surface area contributed by atoms with Gasteiger partial charge in [0.05, 0.1) is 12.3 Å². The minimum absolute atomic E-state index is 0.0395. The van der Waals surface area contributed by atoms with Gasteiger partial charge in [-0.1, -0.05) is 0 Å². The van der Waals surface area contributed by atoms with Crippen LogP contribution in [0.3, 0.4) is 0 Å². The van der Waals surface area contributed by atoms with Crippen LogP contribution in [0.5, 0.6) is 0 Å². The lowest BCUT2D eigenvalue weighted by Gasteiger charge is -2.17. The number of furan rings is 2. The van der Waals surface area contributed by atoms with E-state index in [4.69, 9.17) is 13.9 Å². The normalized spacial score (nSPS) is 14.2. The predicted octanol–water partition coefficient (Wildman–Crippen LogP) is 2.85. The Bertz CT molecular complexity index is 529. The fourth-order valence-corrected chi connectivity index (χ4v) is 2.00. The van der Waals surface area contributed by atoms with Gasteiger partial charge >= 0.3 is 5.97 Å². The summed E-state index contributed by atoms with van der Waals surface area (Å²) in [5.41, 5.74) is 0. The quantitative estimate of drug-likeness (QED) is 0.838. The van der Waals surface area contributed by atoms with Crippen molar-refractivity contribution in [3.8, 4) is 0 Å². The van der Waals surface area contributed by atoms with Gasteiger partial charge in [-0.2, -0.15) is 0 Å². The summed E-state index contributed by atoms with van der Waals surface area (Å²) in [6, 6.07) is 7.07. The third-order valence-electron chi connectivity index (χ3n) is 2.89. The molecule has 0 aliphatic rings. The Kier molecular flexibility index (Phi) is 4.06. The van der Waals surface area contributed by atoms with Gasteiger partial charge in [-0.05, 0) is 38.1 Å². The fraction of sp³-hybridized carbons (Fsp3) is 0.357. The monoisotopic (exact) mass is 263 g/mol. The van der Waals surface area contributed by atoms with E-state index in [-0.39, 0.29) is 17.8 Å². The summed E-state index contributed by atoms with van der Waals surface area (Å²) < 4.78 is 10.5. The van der Waals surface area contributed by atoms with Crippen molar-refractivity contribution in [3.63, 3.8) is 0 Å². The lowest BCUT2D eigenvalue weighted by molar-refractivity contribution is 0.0659. The molecule has 0 saturated heterocycles. The summed E-state index contributed by atoms with van der Waals surface area (Å²) >= 11 is 0. The number of rotatable bonds is 6. The highest BCUT2D eigenvalue weighted by Crippen LogP contribution is 2.17. The highest BCUT2D eigenvalue weighted by molar-refractivity contribution is 5.84. The summed E-state index contributed by atoms with van der Waals surface area (Å²) in [6.45, 7) is 3.98. The third-order valence-corrected chi connectivity index (χ3v) is 2.89. The first kappa shape index (κ1) is 13.4. The molecular formula is C14H17NO4. The molecule has 2 aromatic heterocycles. The first-order valence-corrected chi connectivity index (χ1v) is 6.17. The van der Waals surface area contributed by atoms with E-state index >= 15 is 0 Å². The number of carboxylic acid groups (broad SMARTS) is 1. The molecule has 0 amide bonds. The second-order valence-corrected chi connectivity index (χ2v) is 4.58. The summed E-state index contributed by atoms with van der Waals surface area (Å²) in [4.78, 5) is 10.7. The number of hydrogen-bond donors (Lipinski definition) is 2. The molecular weight excluding hydrogens is 246 g/mol. The maximum atomic E-state index is 10.7. The molecule has 2 unspecified atom stereocenters. The van der Waals surface area contributed by atoms with E-state index in [0.29, 0.717) is 5.76 Å². The van der Waals surface area contributed by atoms with E-state index in [2.05, 4.69) is 5.32 Å². The van der Waals surface area contributed by atoms with Crippen LogP contribution in [0.1, 0.15) is 42.0 Å². The molecule has 2 aromatic rings. The molecule has 0 spiro atoms. The Morgan fingerprint density at radius 3 is 2.74 bits per heavy atom. The SMILES string of the molecule is CC(Cc1ccco1)NC(C)c1ccc(C(=O)O)o1. The Labute approximate surface area is 111 Å². The van der Waals surface area contributed by atoms with Crippen LogP contribution in [-0.4, -0.2) is 17.1 Å². The lowest BCUT2D eigenvalue weighted by atomic mass is 10.1. The molecule has 2 N–H and O–H groups in total. The van der Waals surface area contributed by atoms with Crippen LogP contribution >= 0.6 is 0 Å². The molecule has 0 aliphatic carbocycles. The molecule has 0 radical (unpaired) electrons. The van der Waals surface area contributed by atoms with Crippen LogP contribution in [-0.2, 0) is 6.42 Å². The summed E-state index contributed by atoms with van der Waals surface area (Å²) in [5, 5.41) is 12.1. The maximum absolute atomic E-state index is 10.7. The number of nitrogens with one attached hydrogen (secondary N) is 1. The fourth-order valence-electron chi connectivity index (χ4n) is 2.00. The smallest absolute Gasteiger partial charge is 0.371 e. The van der Waals surface area contributed by atoms with E-state index < -0.39 is 5.97 Å². The highest BCUT2D eigenvalue weighted by atomic mass is 16.4. The number of aromatic carboxylic acids is 1. The average Bonchev–Trinajstić information content (AvgIpc) is 2.98. The van der Waals surface area contributed by atoms with Crippen molar-refractivity contribution in [3.05, 3.63) is 47.8 Å². The highest BCUT2D eigenvalue weighted by Gasteiger charge is 2.16. The Morgan fingerprint density at radius 2 is 2.16 bits per heavy atom. The van der Waals surface area contributed by atoms with Crippen LogP contribution in [0.4, 0.5) is 0 Å². The minimum Gasteiger partial charge on any atom is -0.475 e.